The molecular formula is C15H9BrClNO2. The van der Waals surface area contributed by atoms with Crippen LogP contribution in [0.1, 0.15) is 16.1 Å². The molecule has 3 aromatic rings. The Balaban J connectivity index is 2.13. The van der Waals surface area contributed by atoms with Crippen molar-refractivity contribution < 1.29 is 9.21 Å². The molecule has 5 heteroatoms. The first-order valence-electron chi connectivity index (χ1n) is 5.84. The van der Waals surface area contributed by atoms with E-state index in [-0.39, 0.29) is 11.5 Å². The van der Waals surface area contributed by atoms with Crippen LogP contribution in [0.2, 0.25) is 5.02 Å². The van der Waals surface area contributed by atoms with Gasteiger partial charge in [0.05, 0.1) is 5.02 Å². The van der Waals surface area contributed by atoms with Crippen LogP contribution in [0.3, 0.4) is 0 Å². The zero-order valence-electron chi connectivity index (χ0n) is 10.2. The van der Waals surface area contributed by atoms with Crippen LogP contribution in [0.15, 0.2) is 51.4 Å². The summed E-state index contributed by atoms with van der Waals surface area (Å²) in [7, 11) is 0. The molecule has 20 heavy (non-hydrogen) atoms. The predicted octanol–water partition coefficient (Wildman–Crippen LogP) is 4.66. The van der Waals surface area contributed by atoms with Crippen molar-refractivity contribution >= 4 is 50.0 Å². The second kappa shape index (κ2) is 4.96. The monoisotopic (exact) mass is 349 g/mol. The van der Waals surface area contributed by atoms with E-state index in [0.717, 1.165) is 9.86 Å². The van der Waals surface area contributed by atoms with Crippen molar-refractivity contribution in [1.82, 2.24) is 0 Å². The summed E-state index contributed by atoms with van der Waals surface area (Å²) in [6.45, 7) is 0. The van der Waals surface area contributed by atoms with Gasteiger partial charge in [0.1, 0.15) is 0 Å². The van der Waals surface area contributed by atoms with Crippen molar-refractivity contribution in [3.63, 3.8) is 0 Å². The molecule has 2 aromatic carbocycles. The number of para-hydroxylation sites is 1. The van der Waals surface area contributed by atoms with E-state index in [1.54, 1.807) is 30.3 Å². The molecule has 0 aliphatic carbocycles. The Labute approximate surface area is 128 Å². The van der Waals surface area contributed by atoms with E-state index in [4.69, 9.17) is 21.8 Å². The predicted molar refractivity (Wildman–Crippen MR) is 83.2 cm³/mol. The first-order chi connectivity index (χ1) is 9.56. The second-order valence-electron chi connectivity index (χ2n) is 4.33. The summed E-state index contributed by atoms with van der Waals surface area (Å²) in [4.78, 5) is 12.5. The van der Waals surface area contributed by atoms with E-state index in [1.807, 2.05) is 12.1 Å². The number of nitrogen functional groups attached to an aromatic ring is 1. The van der Waals surface area contributed by atoms with Gasteiger partial charge >= 0.3 is 0 Å². The number of furan rings is 1. The summed E-state index contributed by atoms with van der Waals surface area (Å²) in [5, 5.41) is 1.26. The van der Waals surface area contributed by atoms with Gasteiger partial charge in [0.15, 0.2) is 11.3 Å². The summed E-state index contributed by atoms with van der Waals surface area (Å²) in [5.74, 6) is -0.0473. The molecule has 0 spiro atoms. The van der Waals surface area contributed by atoms with Crippen molar-refractivity contribution in [2.45, 2.75) is 0 Å². The van der Waals surface area contributed by atoms with E-state index >= 15 is 0 Å². The zero-order valence-corrected chi connectivity index (χ0v) is 12.5. The number of hydrogen-bond donors (Lipinski definition) is 1. The van der Waals surface area contributed by atoms with Crippen molar-refractivity contribution in [3.05, 3.63) is 63.3 Å². The van der Waals surface area contributed by atoms with E-state index in [1.165, 1.54) is 0 Å². The highest BCUT2D eigenvalue weighted by Crippen LogP contribution is 2.29. The average molecular weight is 351 g/mol. The summed E-state index contributed by atoms with van der Waals surface area (Å²) in [6.07, 6.45) is 0. The van der Waals surface area contributed by atoms with Crippen LogP contribution in [0, 0.1) is 0 Å². The highest BCUT2D eigenvalue weighted by molar-refractivity contribution is 9.10. The van der Waals surface area contributed by atoms with Crippen LogP contribution in [0.4, 0.5) is 5.69 Å². The molecule has 0 bridgehead atoms. The van der Waals surface area contributed by atoms with E-state index in [0.29, 0.717) is 21.9 Å². The number of halogens is 2. The fourth-order valence-electron chi connectivity index (χ4n) is 2.00. The number of rotatable bonds is 2. The Kier molecular flexibility index (Phi) is 3.28. The number of hydrogen-bond acceptors (Lipinski definition) is 3. The summed E-state index contributed by atoms with van der Waals surface area (Å²) >= 11 is 9.36. The molecule has 2 N–H and O–H groups in total. The molecule has 1 aromatic heterocycles. The lowest BCUT2D eigenvalue weighted by molar-refractivity contribution is 0.101. The van der Waals surface area contributed by atoms with Gasteiger partial charge < -0.3 is 10.2 Å². The molecule has 0 atom stereocenters. The molecule has 0 fully saturated rings. The number of carbonyl (C=O) groups is 1. The number of benzene rings is 2. The Morgan fingerprint density at radius 3 is 2.75 bits per heavy atom. The highest BCUT2D eigenvalue weighted by Gasteiger charge is 2.18. The van der Waals surface area contributed by atoms with Gasteiger partial charge in [-0.3, -0.25) is 4.79 Å². The SMILES string of the molecule is Nc1ccc(Br)cc1C(=O)c1cc2cccc(Cl)c2o1. The standard InChI is InChI=1S/C15H9BrClNO2/c16-9-4-5-12(18)10(7-9)14(19)13-6-8-2-1-3-11(17)15(8)20-13/h1-7H,18H2. The smallest absolute Gasteiger partial charge is 0.230 e. The third-order valence-corrected chi connectivity index (χ3v) is 3.77. The lowest BCUT2D eigenvalue weighted by Crippen LogP contribution is -2.04. The Morgan fingerprint density at radius 2 is 2.00 bits per heavy atom. The maximum Gasteiger partial charge on any atom is 0.230 e. The lowest BCUT2D eigenvalue weighted by Gasteiger charge is -2.03. The second-order valence-corrected chi connectivity index (χ2v) is 5.65. The fraction of sp³-hybridized carbons (Fsp3) is 0. The molecule has 0 aliphatic rings. The topological polar surface area (TPSA) is 56.2 Å². The first-order valence-corrected chi connectivity index (χ1v) is 7.01. The number of ketones is 1. The van der Waals surface area contributed by atoms with Crippen LogP contribution in [0.5, 0.6) is 0 Å². The third-order valence-electron chi connectivity index (χ3n) is 2.98. The Hall–Kier alpha value is -1.78. The molecule has 3 nitrogen and oxygen atoms in total. The number of fused-ring (bicyclic) bond motifs is 1. The lowest BCUT2D eigenvalue weighted by atomic mass is 10.1. The highest BCUT2D eigenvalue weighted by atomic mass is 79.9. The molecular weight excluding hydrogens is 342 g/mol. The van der Waals surface area contributed by atoms with Gasteiger partial charge in [0.2, 0.25) is 5.78 Å². The van der Waals surface area contributed by atoms with Crippen molar-refractivity contribution in [2.75, 3.05) is 5.73 Å². The molecule has 0 saturated carbocycles. The zero-order chi connectivity index (χ0) is 14.3. The summed E-state index contributed by atoms with van der Waals surface area (Å²) in [5.41, 5.74) is 7.15. The average Bonchev–Trinajstić information content (AvgIpc) is 2.86. The van der Waals surface area contributed by atoms with Gasteiger partial charge in [-0.1, -0.05) is 39.7 Å². The minimum Gasteiger partial charge on any atom is -0.451 e. The normalized spacial score (nSPS) is 10.9. The van der Waals surface area contributed by atoms with Gasteiger partial charge in [0, 0.05) is 21.1 Å². The molecule has 0 saturated heterocycles. The van der Waals surface area contributed by atoms with Crippen LogP contribution in [-0.4, -0.2) is 5.78 Å². The van der Waals surface area contributed by atoms with Crippen molar-refractivity contribution in [2.24, 2.45) is 0 Å². The number of nitrogens with two attached hydrogens (primary N) is 1. The van der Waals surface area contributed by atoms with Crippen molar-refractivity contribution in [3.8, 4) is 0 Å². The fourth-order valence-corrected chi connectivity index (χ4v) is 2.58. The molecule has 0 aliphatic heterocycles. The quantitative estimate of drug-likeness (QED) is 0.540. The maximum atomic E-state index is 12.5. The Morgan fingerprint density at radius 1 is 1.20 bits per heavy atom. The molecule has 3 rings (SSSR count). The largest absolute Gasteiger partial charge is 0.451 e. The summed E-state index contributed by atoms with van der Waals surface area (Å²) in [6, 6.07) is 12.2. The van der Waals surface area contributed by atoms with Crippen molar-refractivity contribution in [1.29, 1.82) is 0 Å². The van der Waals surface area contributed by atoms with E-state index in [2.05, 4.69) is 15.9 Å². The van der Waals surface area contributed by atoms with Gasteiger partial charge in [-0.2, -0.15) is 0 Å². The van der Waals surface area contributed by atoms with Gasteiger partial charge in [0.25, 0.3) is 0 Å². The molecule has 1 heterocycles. The number of anilines is 1. The van der Waals surface area contributed by atoms with Gasteiger partial charge in [-0.15, -0.1) is 0 Å². The van der Waals surface area contributed by atoms with Crippen LogP contribution in [0.25, 0.3) is 11.0 Å². The van der Waals surface area contributed by atoms with E-state index in [9.17, 15) is 4.79 Å². The molecule has 0 radical (unpaired) electrons. The minimum absolute atomic E-state index is 0.220. The van der Waals surface area contributed by atoms with Crippen LogP contribution < -0.4 is 5.73 Å². The molecule has 0 amide bonds. The van der Waals surface area contributed by atoms with Gasteiger partial charge in [-0.25, -0.2) is 0 Å². The minimum atomic E-state index is -0.268. The summed E-state index contributed by atoms with van der Waals surface area (Å²) < 4.78 is 6.34. The maximum absolute atomic E-state index is 12.5. The molecule has 0 unspecified atom stereocenters. The van der Waals surface area contributed by atoms with Crippen LogP contribution >= 0.6 is 27.5 Å². The first kappa shape index (κ1) is 13.2. The Bertz CT molecular complexity index is 826. The van der Waals surface area contributed by atoms with Crippen LogP contribution in [-0.2, 0) is 0 Å². The number of carbonyl (C=O) groups excluding carboxylic acids is 1. The van der Waals surface area contributed by atoms with Gasteiger partial charge in [-0.05, 0) is 30.3 Å². The van der Waals surface area contributed by atoms with E-state index < -0.39 is 0 Å². The third kappa shape index (κ3) is 2.21. The molecule has 100 valence electrons.